The Morgan fingerprint density at radius 2 is 2.12 bits per heavy atom. The molecule has 7 nitrogen and oxygen atoms in total. The van der Waals surface area contributed by atoms with Crippen LogP contribution < -0.4 is 4.74 Å². The average molecular weight is 346 g/mol. The van der Waals surface area contributed by atoms with E-state index in [-0.39, 0.29) is 18.6 Å². The first-order chi connectivity index (χ1) is 12.0. The molecule has 2 atom stereocenters. The molecule has 25 heavy (non-hydrogen) atoms. The summed E-state index contributed by atoms with van der Waals surface area (Å²) in [6.07, 6.45) is 2.82. The number of carbonyl (C=O) groups is 1. The Hall–Kier alpha value is -2.41. The summed E-state index contributed by atoms with van der Waals surface area (Å²) in [7, 11) is 0. The molecule has 2 N–H and O–H groups in total. The number of hydrogen-bond donors (Lipinski definition) is 2. The molecule has 2 heterocycles. The summed E-state index contributed by atoms with van der Waals surface area (Å²) in [4.78, 5) is 15.7. The van der Waals surface area contributed by atoms with E-state index in [9.17, 15) is 15.0 Å². The van der Waals surface area contributed by atoms with Crippen LogP contribution in [-0.2, 0) is 11.4 Å². The number of aliphatic carboxylic acids is 1. The van der Waals surface area contributed by atoms with Gasteiger partial charge >= 0.3 is 5.97 Å². The zero-order chi connectivity index (χ0) is 18.0. The largest absolute Gasteiger partial charge is 0.489 e. The molecule has 2 aromatic rings. The van der Waals surface area contributed by atoms with Crippen LogP contribution in [0.3, 0.4) is 0 Å². The Bertz CT molecular complexity index is 771. The average Bonchev–Trinajstić information content (AvgIpc) is 2.97. The fraction of sp³-hybridized carbons (Fsp3) is 0.500. The molecule has 0 radical (unpaired) electrons. The summed E-state index contributed by atoms with van der Waals surface area (Å²) < 4.78 is 11.3. The highest BCUT2D eigenvalue weighted by Crippen LogP contribution is 2.31. The fourth-order valence-corrected chi connectivity index (χ4v) is 3.23. The number of aliphatic hydroxyl groups is 1. The second-order valence-corrected chi connectivity index (χ2v) is 6.46. The molecule has 0 amide bonds. The Morgan fingerprint density at radius 1 is 1.32 bits per heavy atom. The minimum atomic E-state index is -0.754. The molecule has 0 spiro atoms. The van der Waals surface area contributed by atoms with Crippen LogP contribution >= 0.6 is 0 Å². The second-order valence-electron chi connectivity index (χ2n) is 6.46. The highest BCUT2D eigenvalue weighted by atomic mass is 16.5. The van der Waals surface area contributed by atoms with Gasteiger partial charge in [0.05, 0.1) is 30.0 Å². The van der Waals surface area contributed by atoms with Crippen LogP contribution in [-0.4, -0.2) is 32.4 Å². The van der Waals surface area contributed by atoms with Gasteiger partial charge in [0, 0.05) is 5.56 Å². The lowest BCUT2D eigenvalue weighted by Gasteiger charge is -2.27. The Balaban J connectivity index is 1.77. The van der Waals surface area contributed by atoms with E-state index in [4.69, 9.17) is 9.26 Å². The SMILES string of the molecule is Cc1nc(-c2onc(C)c2CO)ccc1O[C@H]1CCC[C@H](C(=O)O)C1. The molecule has 3 rings (SSSR count). The van der Waals surface area contributed by atoms with Crippen LogP contribution in [0.5, 0.6) is 5.75 Å². The number of rotatable bonds is 5. The van der Waals surface area contributed by atoms with Gasteiger partial charge in [-0.15, -0.1) is 0 Å². The van der Waals surface area contributed by atoms with Crippen molar-refractivity contribution in [2.75, 3.05) is 0 Å². The summed E-state index contributed by atoms with van der Waals surface area (Å²) in [6.45, 7) is 3.44. The van der Waals surface area contributed by atoms with Crippen LogP contribution in [0.1, 0.15) is 42.6 Å². The third-order valence-electron chi connectivity index (χ3n) is 4.68. The third-order valence-corrected chi connectivity index (χ3v) is 4.68. The van der Waals surface area contributed by atoms with Crippen molar-refractivity contribution >= 4 is 5.97 Å². The molecule has 1 aliphatic rings. The van der Waals surface area contributed by atoms with Crippen molar-refractivity contribution in [2.45, 2.75) is 52.2 Å². The molecule has 1 fully saturated rings. The van der Waals surface area contributed by atoms with E-state index >= 15 is 0 Å². The number of aryl methyl sites for hydroxylation is 2. The van der Waals surface area contributed by atoms with E-state index < -0.39 is 5.97 Å². The Kier molecular flexibility index (Phi) is 5.03. The number of hydrogen-bond acceptors (Lipinski definition) is 6. The van der Waals surface area contributed by atoms with Gasteiger partial charge in [0.1, 0.15) is 11.4 Å². The number of aromatic nitrogens is 2. The van der Waals surface area contributed by atoms with Gasteiger partial charge in [-0.05, 0) is 51.7 Å². The molecular formula is C18H22N2O5. The second kappa shape index (κ2) is 7.23. The maximum atomic E-state index is 11.2. The number of carboxylic acid groups (broad SMARTS) is 1. The van der Waals surface area contributed by atoms with Crippen molar-refractivity contribution in [3.8, 4) is 17.2 Å². The van der Waals surface area contributed by atoms with Gasteiger partial charge in [-0.25, -0.2) is 4.98 Å². The van der Waals surface area contributed by atoms with E-state index in [1.807, 2.05) is 6.92 Å². The van der Waals surface area contributed by atoms with E-state index in [0.29, 0.717) is 47.0 Å². The monoisotopic (exact) mass is 346 g/mol. The van der Waals surface area contributed by atoms with Gasteiger partial charge in [0.15, 0.2) is 5.76 Å². The maximum Gasteiger partial charge on any atom is 0.306 e. The maximum absolute atomic E-state index is 11.2. The summed E-state index contributed by atoms with van der Waals surface area (Å²) in [5.74, 6) is 0.00567. The van der Waals surface area contributed by atoms with Crippen molar-refractivity contribution in [1.82, 2.24) is 10.1 Å². The molecule has 0 aromatic carbocycles. The lowest BCUT2D eigenvalue weighted by molar-refractivity contribution is -0.143. The molecule has 134 valence electrons. The molecule has 7 heteroatoms. The number of ether oxygens (including phenoxy) is 1. The minimum Gasteiger partial charge on any atom is -0.489 e. The van der Waals surface area contributed by atoms with E-state index in [0.717, 1.165) is 12.8 Å². The lowest BCUT2D eigenvalue weighted by Crippen LogP contribution is -2.29. The Labute approximate surface area is 145 Å². The van der Waals surface area contributed by atoms with E-state index in [2.05, 4.69) is 10.1 Å². The molecular weight excluding hydrogens is 324 g/mol. The summed E-state index contributed by atoms with van der Waals surface area (Å²) in [6, 6.07) is 3.57. The van der Waals surface area contributed by atoms with Crippen molar-refractivity contribution < 1.29 is 24.3 Å². The van der Waals surface area contributed by atoms with Crippen molar-refractivity contribution in [3.05, 3.63) is 29.1 Å². The van der Waals surface area contributed by atoms with Gasteiger partial charge in [-0.3, -0.25) is 4.79 Å². The molecule has 0 aliphatic heterocycles. The highest BCUT2D eigenvalue weighted by molar-refractivity contribution is 5.70. The quantitative estimate of drug-likeness (QED) is 0.857. The predicted octanol–water partition coefficient (Wildman–Crippen LogP) is 2.87. The first-order valence-electron chi connectivity index (χ1n) is 8.43. The fourth-order valence-electron chi connectivity index (χ4n) is 3.23. The number of aliphatic hydroxyl groups excluding tert-OH is 1. The van der Waals surface area contributed by atoms with Crippen LogP contribution in [0.15, 0.2) is 16.7 Å². The Morgan fingerprint density at radius 3 is 2.80 bits per heavy atom. The first kappa shape index (κ1) is 17.4. The van der Waals surface area contributed by atoms with Crippen molar-refractivity contribution in [3.63, 3.8) is 0 Å². The van der Waals surface area contributed by atoms with Crippen molar-refractivity contribution in [1.29, 1.82) is 0 Å². The molecule has 0 unspecified atom stereocenters. The summed E-state index contributed by atoms with van der Waals surface area (Å²) in [5.41, 5.74) is 2.53. The van der Waals surface area contributed by atoms with Crippen LogP contribution in [0, 0.1) is 19.8 Å². The van der Waals surface area contributed by atoms with Gasteiger partial charge in [-0.2, -0.15) is 0 Å². The summed E-state index contributed by atoms with van der Waals surface area (Å²) in [5, 5.41) is 22.5. The van der Waals surface area contributed by atoms with Gasteiger partial charge in [0.2, 0.25) is 0 Å². The van der Waals surface area contributed by atoms with Crippen LogP contribution in [0.4, 0.5) is 0 Å². The van der Waals surface area contributed by atoms with Gasteiger partial charge in [0.25, 0.3) is 0 Å². The third kappa shape index (κ3) is 3.66. The molecule has 0 saturated heterocycles. The van der Waals surface area contributed by atoms with Crippen LogP contribution in [0.25, 0.3) is 11.5 Å². The van der Waals surface area contributed by atoms with Gasteiger partial charge < -0.3 is 19.5 Å². The molecule has 1 saturated carbocycles. The highest BCUT2D eigenvalue weighted by Gasteiger charge is 2.28. The van der Waals surface area contributed by atoms with Crippen LogP contribution in [0.2, 0.25) is 0 Å². The van der Waals surface area contributed by atoms with Crippen molar-refractivity contribution in [2.24, 2.45) is 5.92 Å². The predicted molar refractivity (Wildman–Crippen MR) is 89.1 cm³/mol. The zero-order valence-corrected chi connectivity index (χ0v) is 14.4. The summed E-state index contributed by atoms with van der Waals surface area (Å²) >= 11 is 0. The van der Waals surface area contributed by atoms with E-state index in [1.54, 1.807) is 19.1 Å². The number of carboxylic acids is 1. The van der Waals surface area contributed by atoms with Gasteiger partial charge in [-0.1, -0.05) is 5.16 Å². The zero-order valence-electron chi connectivity index (χ0n) is 14.4. The standard InChI is InChI=1S/C18H22N2O5/c1-10-14(9-21)17(25-20-10)15-6-7-16(11(2)19-15)24-13-5-3-4-12(8-13)18(22)23/h6-7,12-13,21H,3-5,8-9H2,1-2H3,(H,22,23)/t12-,13-/m0/s1. The lowest BCUT2D eigenvalue weighted by atomic mass is 9.87. The number of nitrogens with zero attached hydrogens (tertiary/aromatic N) is 2. The smallest absolute Gasteiger partial charge is 0.306 e. The molecule has 1 aliphatic carbocycles. The number of pyridine rings is 1. The normalized spacial score (nSPS) is 20.4. The topological polar surface area (TPSA) is 106 Å². The minimum absolute atomic E-state index is 0.110. The molecule has 0 bridgehead atoms. The van der Waals surface area contributed by atoms with E-state index in [1.165, 1.54) is 0 Å². The molecule has 2 aromatic heterocycles. The first-order valence-corrected chi connectivity index (χ1v) is 8.43.